The Hall–Kier alpha value is -2.65. The zero-order valence-electron chi connectivity index (χ0n) is 19.8. The van der Waals surface area contributed by atoms with E-state index in [1.807, 2.05) is 4.90 Å². The number of piperidine rings is 1. The van der Waals surface area contributed by atoms with Gasteiger partial charge in [0.15, 0.2) is 0 Å². The Labute approximate surface area is 199 Å². The second-order valence-electron chi connectivity index (χ2n) is 9.99. The molecule has 33 heavy (non-hydrogen) atoms. The molecule has 3 atom stereocenters. The van der Waals surface area contributed by atoms with Gasteiger partial charge in [-0.15, -0.1) is 0 Å². The van der Waals surface area contributed by atoms with E-state index in [-0.39, 0.29) is 7.33 Å². The monoisotopic (exact) mass is 442 g/mol. The molecule has 3 nitrogen and oxygen atoms in total. The number of nitrogens with one attached hydrogen (secondary N) is 1. The standard InChI is InChI=1S/C30H36N2O.H2/c1-22(28-14-8-10-24-9-3-4-13-29(24)28)31-27-12-7-11-26(21-27)23-15-17-25(18-16-23)30(33)32-19-5-2-6-20-32;/h3-4,8-10,13-18,22,26-27,31H,2,5-7,11-12,19-21H2,1H3;1H/t22-,26?,27?;/m1./s1. The predicted molar refractivity (Wildman–Crippen MR) is 139 cm³/mol. The summed E-state index contributed by atoms with van der Waals surface area (Å²) in [7, 11) is 0. The maximum absolute atomic E-state index is 12.8. The molecule has 174 valence electrons. The molecule has 1 aliphatic carbocycles. The molecule has 2 fully saturated rings. The van der Waals surface area contributed by atoms with Gasteiger partial charge < -0.3 is 10.2 Å². The summed E-state index contributed by atoms with van der Waals surface area (Å²) >= 11 is 0. The van der Waals surface area contributed by atoms with E-state index in [1.54, 1.807) is 0 Å². The van der Waals surface area contributed by atoms with Crippen LogP contribution in [0.15, 0.2) is 66.7 Å². The third-order valence-corrected chi connectivity index (χ3v) is 7.72. The Kier molecular flexibility index (Phi) is 6.78. The van der Waals surface area contributed by atoms with Gasteiger partial charge in [-0.05, 0) is 85.4 Å². The summed E-state index contributed by atoms with van der Waals surface area (Å²) in [6, 6.07) is 24.7. The Morgan fingerprint density at radius 1 is 0.909 bits per heavy atom. The highest BCUT2D eigenvalue weighted by atomic mass is 16.2. The molecule has 1 saturated heterocycles. The van der Waals surface area contributed by atoms with Crippen LogP contribution in [-0.4, -0.2) is 29.9 Å². The van der Waals surface area contributed by atoms with Gasteiger partial charge >= 0.3 is 0 Å². The zero-order valence-corrected chi connectivity index (χ0v) is 19.8. The van der Waals surface area contributed by atoms with Gasteiger partial charge in [0.2, 0.25) is 0 Å². The van der Waals surface area contributed by atoms with Crippen LogP contribution in [0.3, 0.4) is 0 Å². The quantitative estimate of drug-likeness (QED) is 0.457. The van der Waals surface area contributed by atoms with Gasteiger partial charge in [-0.25, -0.2) is 0 Å². The summed E-state index contributed by atoms with van der Waals surface area (Å²) < 4.78 is 0. The SMILES string of the molecule is C[C@@H](NC1CCCC(c2ccc(C(=O)N3CCCCC3)cc2)C1)c1cccc2ccccc12.[HH]. The van der Waals surface area contributed by atoms with Crippen LogP contribution in [-0.2, 0) is 0 Å². The van der Waals surface area contributed by atoms with Gasteiger partial charge in [-0.1, -0.05) is 61.0 Å². The third kappa shape index (κ3) is 4.99. The maximum Gasteiger partial charge on any atom is 0.253 e. The van der Waals surface area contributed by atoms with Gasteiger partial charge in [0.25, 0.3) is 5.91 Å². The van der Waals surface area contributed by atoms with Crippen LogP contribution in [0.5, 0.6) is 0 Å². The molecule has 3 aromatic carbocycles. The van der Waals surface area contributed by atoms with E-state index >= 15 is 0 Å². The van der Waals surface area contributed by atoms with Crippen molar-refractivity contribution in [2.24, 2.45) is 0 Å². The minimum atomic E-state index is 0. The Balaban J connectivity index is 0.00000274. The molecule has 3 heteroatoms. The van der Waals surface area contributed by atoms with Crippen LogP contribution in [0.1, 0.15) is 86.7 Å². The molecule has 0 spiro atoms. The van der Waals surface area contributed by atoms with Crippen molar-refractivity contribution >= 4 is 16.7 Å². The van der Waals surface area contributed by atoms with Gasteiger partial charge in [0.1, 0.15) is 0 Å². The summed E-state index contributed by atoms with van der Waals surface area (Å²) in [5, 5.41) is 6.60. The summed E-state index contributed by atoms with van der Waals surface area (Å²) in [5.74, 6) is 0.767. The number of amides is 1. The minimum Gasteiger partial charge on any atom is -0.339 e. The topological polar surface area (TPSA) is 32.3 Å². The van der Waals surface area contributed by atoms with E-state index in [4.69, 9.17) is 0 Å². The number of carbonyl (C=O) groups excluding carboxylic acids is 1. The lowest BCUT2D eigenvalue weighted by Crippen LogP contribution is -2.36. The first kappa shape index (κ1) is 22.2. The number of hydrogen-bond acceptors (Lipinski definition) is 2. The fourth-order valence-corrected chi connectivity index (χ4v) is 5.89. The summed E-state index contributed by atoms with van der Waals surface area (Å²) in [4.78, 5) is 14.8. The van der Waals surface area contributed by atoms with Gasteiger partial charge in [0, 0.05) is 32.2 Å². The lowest BCUT2D eigenvalue weighted by molar-refractivity contribution is 0.0724. The number of carbonyl (C=O) groups is 1. The van der Waals surface area contributed by atoms with E-state index in [2.05, 4.69) is 79.0 Å². The normalized spacial score (nSPS) is 22.3. The number of likely N-dealkylation sites (tertiary alicyclic amines) is 1. The average molecular weight is 443 g/mol. The van der Waals surface area contributed by atoms with Crippen LogP contribution in [0, 0.1) is 0 Å². The van der Waals surface area contributed by atoms with Gasteiger partial charge in [-0.3, -0.25) is 4.79 Å². The van der Waals surface area contributed by atoms with Crippen molar-refractivity contribution in [1.29, 1.82) is 0 Å². The van der Waals surface area contributed by atoms with Crippen molar-refractivity contribution in [2.75, 3.05) is 13.1 Å². The lowest BCUT2D eigenvalue weighted by Gasteiger charge is -2.33. The minimum absolute atomic E-state index is 0. The second-order valence-corrected chi connectivity index (χ2v) is 9.99. The predicted octanol–water partition coefficient (Wildman–Crippen LogP) is 7.09. The molecule has 1 heterocycles. The third-order valence-electron chi connectivity index (χ3n) is 7.72. The Morgan fingerprint density at radius 2 is 1.67 bits per heavy atom. The molecule has 0 radical (unpaired) electrons. The Morgan fingerprint density at radius 3 is 2.48 bits per heavy atom. The molecule has 1 aliphatic heterocycles. The van der Waals surface area contributed by atoms with E-state index < -0.39 is 0 Å². The largest absolute Gasteiger partial charge is 0.339 e. The zero-order chi connectivity index (χ0) is 22.6. The van der Waals surface area contributed by atoms with Crippen LogP contribution < -0.4 is 5.32 Å². The van der Waals surface area contributed by atoms with Crippen LogP contribution >= 0.6 is 0 Å². The van der Waals surface area contributed by atoms with Crippen LogP contribution in [0.25, 0.3) is 10.8 Å². The molecule has 0 bridgehead atoms. The number of hydrogen-bond donors (Lipinski definition) is 1. The molecule has 1 amide bonds. The highest BCUT2D eigenvalue weighted by Crippen LogP contribution is 2.35. The fraction of sp³-hybridized carbons (Fsp3) is 0.433. The smallest absolute Gasteiger partial charge is 0.253 e. The second kappa shape index (κ2) is 10.1. The molecule has 1 N–H and O–H groups in total. The van der Waals surface area contributed by atoms with Gasteiger partial charge in [-0.2, -0.15) is 0 Å². The lowest BCUT2D eigenvalue weighted by atomic mass is 9.80. The molecule has 2 unspecified atom stereocenters. The first-order valence-electron chi connectivity index (χ1n) is 12.8. The molecular weight excluding hydrogens is 404 g/mol. The van der Waals surface area contributed by atoms with E-state index in [1.165, 1.54) is 47.6 Å². The highest BCUT2D eigenvalue weighted by molar-refractivity contribution is 5.94. The molecular formula is C30H38N2O. The van der Waals surface area contributed by atoms with E-state index in [9.17, 15) is 4.79 Å². The molecule has 0 aromatic heterocycles. The average Bonchev–Trinajstić information content (AvgIpc) is 2.88. The van der Waals surface area contributed by atoms with Crippen molar-refractivity contribution < 1.29 is 6.22 Å². The first-order valence-corrected chi connectivity index (χ1v) is 12.8. The van der Waals surface area contributed by atoms with E-state index in [0.29, 0.717) is 18.0 Å². The molecule has 2 aliphatic rings. The summed E-state index contributed by atoms with van der Waals surface area (Å²) in [6.07, 6.45) is 8.40. The van der Waals surface area contributed by atoms with E-state index in [0.717, 1.165) is 37.9 Å². The van der Waals surface area contributed by atoms with Crippen molar-refractivity contribution in [2.45, 2.75) is 69.9 Å². The van der Waals surface area contributed by atoms with Crippen molar-refractivity contribution in [3.63, 3.8) is 0 Å². The highest BCUT2D eigenvalue weighted by Gasteiger charge is 2.25. The fourth-order valence-electron chi connectivity index (χ4n) is 5.89. The number of benzene rings is 3. The number of rotatable bonds is 5. The Bertz CT molecular complexity index is 1090. The van der Waals surface area contributed by atoms with Crippen LogP contribution in [0.4, 0.5) is 0 Å². The molecule has 5 rings (SSSR count). The van der Waals surface area contributed by atoms with Crippen molar-refractivity contribution in [1.82, 2.24) is 10.2 Å². The number of nitrogens with zero attached hydrogens (tertiary/aromatic N) is 1. The summed E-state index contributed by atoms with van der Waals surface area (Å²) in [5.41, 5.74) is 3.61. The molecule has 1 saturated carbocycles. The van der Waals surface area contributed by atoms with Gasteiger partial charge in [0.05, 0.1) is 0 Å². The van der Waals surface area contributed by atoms with Crippen molar-refractivity contribution in [3.05, 3.63) is 83.4 Å². The van der Waals surface area contributed by atoms with Crippen molar-refractivity contribution in [3.8, 4) is 0 Å². The number of fused-ring (bicyclic) bond motifs is 1. The first-order chi connectivity index (χ1) is 16.2. The summed E-state index contributed by atoms with van der Waals surface area (Å²) in [6.45, 7) is 4.11. The molecule has 3 aromatic rings. The maximum atomic E-state index is 12.8. The van der Waals surface area contributed by atoms with Crippen LogP contribution in [0.2, 0.25) is 0 Å².